The van der Waals surface area contributed by atoms with E-state index in [0.29, 0.717) is 39.0 Å². The van der Waals surface area contributed by atoms with E-state index in [-0.39, 0.29) is 29.4 Å². The number of ether oxygens (including phenoxy) is 1. The van der Waals surface area contributed by atoms with Crippen molar-refractivity contribution in [1.29, 1.82) is 0 Å². The number of fused-ring (bicyclic) bond motifs is 1. The van der Waals surface area contributed by atoms with Gasteiger partial charge in [-0.3, -0.25) is 14.5 Å². The van der Waals surface area contributed by atoms with E-state index in [0.717, 1.165) is 5.56 Å². The van der Waals surface area contributed by atoms with Crippen LogP contribution < -0.4 is 15.0 Å². The number of allylic oxidation sites excluding steroid dienone is 1. The molecule has 0 saturated heterocycles. The summed E-state index contributed by atoms with van der Waals surface area (Å²) in [6.45, 7) is 0. The summed E-state index contributed by atoms with van der Waals surface area (Å²) in [5, 5.41) is 3.59. The molecule has 190 valence electrons. The number of Topliss-reactive ketones (excluding diaryl/α,β-unsaturated/α-hetero) is 1. The van der Waals surface area contributed by atoms with Crippen LogP contribution in [0.25, 0.3) is 0 Å². The Balaban J connectivity index is 1.70. The van der Waals surface area contributed by atoms with Crippen LogP contribution in [0, 0.1) is 0 Å². The fraction of sp³-hybridized carbons (Fsp3) is 0.214. The number of methoxy groups -OCH3 is 1. The van der Waals surface area contributed by atoms with Crippen molar-refractivity contribution < 1.29 is 27.5 Å². The minimum Gasteiger partial charge on any atom is -0.497 e. The van der Waals surface area contributed by atoms with Gasteiger partial charge in [0.05, 0.1) is 24.5 Å². The number of carbonyl (C=O) groups excluding carboxylic acids is 2. The summed E-state index contributed by atoms with van der Waals surface area (Å²) in [6, 6.07) is 18.5. The van der Waals surface area contributed by atoms with E-state index in [4.69, 9.17) is 16.3 Å². The normalized spacial score (nSPS) is 19.5. The lowest BCUT2D eigenvalue weighted by molar-refractivity contribution is -0.170. The van der Waals surface area contributed by atoms with Gasteiger partial charge in [0.1, 0.15) is 5.75 Å². The SMILES string of the molecule is COc1ccc([C@H]2CC(=O)C3=C(C2)Nc2ccccc2N(C(=O)C(F)(F)F)[C@H]3c2ccc(Cl)cc2)cc1. The molecule has 0 saturated carbocycles. The zero-order chi connectivity index (χ0) is 26.3. The highest BCUT2D eigenvalue weighted by molar-refractivity contribution is 6.30. The Morgan fingerprint density at radius 1 is 0.973 bits per heavy atom. The van der Waals surface area contributed by atoms with Crippen LogP contribution >= 0.6 is 11.6 Å². The average Bonchev–Trinajstić information content (AvgIpc) is 3.03. The Kier molecular flexibility index (Phi) is 6.45. The summed E-state index contributed by atoms with van der Waals surface area (Å²) in [4.78, 5) is 27.3. The van der Waals surface area contributed by atoms with Crippen molar-refractivity contribution in [2.45, 2.75) is 31.0 Å². The van der Waals surface area contributed by atoms with E-state index < -0.39 is 18.1 Å². The summed E-state index contributed by atoms with van der Waals surface area (Å²) >= 11 is 6.05. The number of carbonyl (C=O) groups is 2. The van der Waals surface area contributed by atoms with Crippen LogP contribution in [0.4, 0.5) is 24.5 Å². The van der Waals surface area contributed by atoms with E-state index in [1.54, 1.807) is 49.6 Å². The highest BCUT2D eigenvalue weighted by atomic mass is 35.5. The number of para-hydroxylation sites is 2. The number of benzene rings is 3. The van der Waals surface area contributed by atoms with Crippen molar-refractivity contribution in [3.05, 3.63) is 100 Å². The largest absolute Gasteiger partial charge is 0.497 e. The lowest BCUT2D eigenvalue weighted by Crippen LogP contribution is -2.45. The standard InChI is InChI=1S/C28H22ClF3N2O3/c1-37-20-12-8-16(9-13-20)18-14-22-25(24(35)15-18)26(17-6-10-19(29)11-7-17)34(27(36)28(30,31)32)23-5-3-2-4-21(23)33-22/h2-13,18,26,33H,14-15H2,1H3/t18-,26+/m1/s1. The molecule has 1 aliphatic carbocycles. The van der Waals surface area contributed by atoms with Crippen LogP contribution in [-0.4, -0.2) is 25.0 Å². The summed E-state index contributed by atoms with van der Waals surface area (Å²) < 4.78 is 47.0. The Bertz CT molecular complexity index is 1390. The number of amides is 1. The first-order valence-corrected chi connectivity index (χ1v) is 12.0. The van der Waals surface area contributed by atoms with Crippen molar-refractivity contribution in [3.8, 4) is 5.75 Å². The van der Waals surface area contributed by atoms with Gasteiger partial charge in [0.15, 0.2) is 5.78 Å². The van der Waals surface area contributed by atoms with Crippen molar-refractivity contribution in [3.63, 3.8) is 0 Å². The molecule has 3 aromatic carbocycles. The highest BCUT2D eigenvalue weighted by Gasteiger charge is 2.49. The molecule has 0 aromatic heterocycles. The van der Waals surface area contributed by atoms with Crippen LogP contribution in [0.15, 0.2) is 84.1 Å². The third-order valence-electron chi connectivity index (χ3n) is 6.72. The van der Waals surface area contributed by atoms with Gasteiger partial charge in [0, 0.05) is 22.7 Å². The lowest BCUT2D eigenvalue weighted by atomic mass is 9.78. The van der Waals surface area contributed by atoms with Gasteiger partial charge in [-0.15, -0.1) is 0 Å². The second-order valence-corrected chi connectivity index (χ2v) is 9.40. The minimum atomic E-state index is -5.16. The molecule has 5 nitrogen and oxygen atoms in total. The Labute approximate surface area is 216 Å². The molecule has 0 spiro atoms. The fourth-order valence-corrected chi connectivity index (χ4v) is 5.15. The Morgan fingerprint density at radius 3 is 2.27 bits per heavy atom. The maximum absolute atomic E-state index is 13.9. The van der Waals surface area contributed by atoms with E-state index in [1.807, 2.05) is 12.1 Å². The van der Waals surface area contributed by atoms with Gasteiger partial charge in [0.2, 0.25) is 0 Å². The molecule has 0 unspecified atom stereocenters. The number of hydrogen-bond donors (Lipinski definition) is 1. The van der Waals surface area contributed by atoms with E-state index in [9.17, 15) is 22.8 Å². The first-order valence-electron chi connectivity index (χ1n) is 11.6. The molecule has 0 fully saturated rings. The van der Waals surface area contributed by atoms with Crippen molar-refractivity contribution in [2.75, 3.05) is 17.3 Å². The second kappa shape index (κ2) is 9.59. The molecule has 2 aliphatic rings. The molecule has 3 aromatic rings. The molecule has 5 rings (SSSR count). The first kappa shape index (κ1) is 24.9. The molecule has 0 radical (unpaired) electrons. The van der Waals surface area contributed by atoms with Gasteiger partial charge < -0.3 is 10.1 Å². The number of anilines is 2. The number of halogens is 4. The second-order valence-electron chi connectivity index (χ2n) is 8.96. The fourth-order valence-electron chi connectivity index (χ4n) is 5.02. The van der Waals surface area contributed by atoms with Crippen LogP contribution in [0.3, 0.4) is 0 Å². The molecule has 1 heterocycles. The highest BCUT2D eigenvalue weighted by Crippen LogP contribution is 2.48. The van der Waals surface area contributed by atoms with E-state index >= 15 is 0 Å². The molecule has 1 aliphatic heterocycles. The molecule has 2 atom stereocenters. The molecular weight excluding hydrogens is 505 g/mol. The predicted octanol–water partition coefficient (Wildman–Crippen LogP) is 6.81. The number of hydrogen-bond acceptors (Lipinski definition) is 4. The van der Waals surface area contributed by atoms with E-state index in [1.165, 1.54) is 18.2 Å². The topological polar surface area (TPSA) is 58.6 Å². The average molecular weight is 527 g/mol. The van der Waals surface area contributed by atoms with Gasteiger partial charge in [-0.1, -0.05) is 48.0 Å². The molecule has 1 amide bonds. The first-order chi connectivity index (χ1) is 17.7. The summed E-state index contributed by atoms with van der Waals surface area (Å²) in [6.07, 6.45) is -4.70. The summed E-state index contributed by atoms with van der Waals surface area (Å²) in [5.41, 5.74) is 2.23. The van der Waals surface area contributed by atoms with Crippen LogP contribution in [-0.2, 0) is 9.59 Å². The Morgan fingerprint density at radius 2 is 1.62 bits per heavy atom. The van der Waals surface area contributed by atoms with Crippen molar-refractivity contribution >= 4 is 34.7 Å². The number of ketones is 1. The molecule has 37 heavy (non-hydrogen) atoms. The maximum Gasteiger partial charge on any atom is 0.471 e. The zero-order valence-electron chi connectivity index (χ0n) is 19.7. The monoisotopic (exact) mass is 526 g/mol. The van der Waals surface area contributed by atoms with Gasteiger partial charge in [-0.2, -0.15) is 13.2 Å². The molecular formula is C28H22ClF3N2O3. The van der Waals surface area contributed by atoms with E-state index in [2.05, 4.69) is 5.32 Å². The van der Waals surface area contributed by atoms with Crippen LogP contribution in [0.5, 0.6) is 5.75 Å². The predicted molar refractivity (Wildman–Crippen MR) is 135 cm³/mol. The zero-order valence-corrected chi connectivity index (χ0v) is 20.4. The number of nitrogens with one attached hydrogen (secondary N) is 1. The maximum atomic E-state index is 13.9. The number of alkyl halides is 3. The minimum absolute atomic E-state index is 0.0352. The van der Waals surface area contributed by atoms with Crippen LogP contribution in [0.2, 0.25) is 5.02 Å². The third-order valence-corrected chi connectivity index (χ3v) is 6.97. The molecule has 9 heteroatoms. The quantitative estimate of drug-likeness (QED) is 0.407. The summed E-state index contributed by atoms with van der Waals surface area (Å²) in [7, 11) is 1.56. The lowest BCUT2D eigenvalue weighted by Gasteiger charge is -2.35. The smallest absolute Gasteiger partial charge is 0.471 e. The van der Waals surface area contributed by atoms with Crippen LogP contribution in [0.1, 0.15) is 35.9 Å². The Hall–Kier alpha value is -3.78. The van der Waals surface area contributed by atoms with Gasteiger partial charge in [-0.05, 0) is 59.9 Å². The summed E-state index contributed by atoms with van der Waals surface area (Å²) in [5.74, 6) is -1.91. The molecule has 0 bridgehead atoms. The van der Waals surface area contributed by atoms with Crippen molar-refractivity contribution in [2.24, 2.45) is 0 Å². The van der Waals surface area contributed by atoms with Crippen molar-refractivity contribution in [1.82, 2.24) is 0 Å². The number of rotatable bonds is 3. The van der Waals surface area contributed by atoms with Gasteiger partial charge >= 0.3 is 12.1 Å². The van der Waals surface area contributed by atoms with Gasteiger partial charge in [0.25, 0.3) is 0 Å². The third kappa shape index (κ3) is 4.69. The number of nitrogens with zero attached hydrogens (tertiary/aromatic N) is 1. The van der Waals surface area contributed by atoms with Gasteiger partial charge in [-0.25, -0.2) is 0 Å². The molecule has 1 N–H and O–H groups in total.